The molecule has 1 fully saturated rings. The Labute approximate surface area is 199 Å². The molecule has 4 heteroatoms. The van der Waals surface area contributed by atoms with E-state index in [2.05, 4.69) is 113 Å². The van der Waals surface area contributed by atoms with Gasteiger partial charge in [0.2, 0.25) is 0 Å². The number of rotatable bonds is 3. The summed E-state index contributed by atoms with van der Waals surface area (Å²) in [6, 6.07) is 22.3. The Bertz CT molecular complexity index is 777. The molecule has 0 aromatic heterocycles. The van der Waals surface area contributed by atoms with Crippen LogP contribution in [0.5, 0.6) is 0 Å². The molecular weight excluding hydrogens is 442 g/mol. The van der Waals surface area contributed by atoms with Crippen LogP contribution >= 0.6 is 0 Å². The van der Waals surface area contributed by atoms with E-state index in [1.807, 2.05) is 0 Å². The molecule has 0 aliphatic heterocycles. The second-order valence-electron chi connectivity index (χ2n) is 7.78. The molecule has 3 atom stereocenters. The van der Waals surface area contributed by atoms with E-state index in [9.17, 15) is 0 Å². The number of fused-ring (bicyclic) bond motifs is 1. The fourth-order valence-electron chi connectivity index (χ4n) is 5.19. The zero-order chi connectivity index (χ0) is 17.5. The van der Waals surface area contributed by atoms with Gasteiger partial charge in [0.15, 0.2) is 0 Å². The van der Waals surface area contributed by atoms with Crippen molar-refractivity contribution in [2.45, 2.75) is 35.8 Å². The average molecular weight is 468 g/mol. The van der Waals surface area contributed by atoms with Crippen LogP contribution in [0.15, 0.2) is 84.5 Å². The minimum atomic E-state index is -0.0410. The maximum atomic E-state index is 2.52. The van der Waals surface area contributed by atoms with E-state index in [0.29, 0.717) is 11.8 Å². The number of allylic oxidation sites excluding steroid dienone is 4. The minimum Gasteiger partial charge on any atom is -1.00 e. The Morgan fingerprint density at radius 3 is 1.89 bits per heavy atom. The molecule has 2 aromatic rings. The molecule has 0 heterocycles. The molecule has 1 saturated carbocycles. The van der Waals surface area contributed by atoms with Crippen molar-refractivity contribution in [3.63, 3.8) is 0 Å². The van der Waals surface area contributed by atoms with Gasteiger partial charge in [-0.05, 0) is 0 Å². The van der Waals surface area contributed by atoms with Gasteiger partial charge in [0.1, 0.15) is 0 Å². The van der Waals surface area contributed by atoms with Gasteiger partial charge >= 0.3 is 164 Å². The second kappa shape index (κ2) is 10.0. The summed E-state index contributed by atoms with van der Waals surface area (Å²) < 4.78 is 0.116. The summed E-state index contributed by atoms with van der Waals surface area (Å²) in [5.74, 6) is 1.35. The Balaban J connectivity index is 0.00000131. The SMILES string of the molecule is CC1CC2CC=CC=C2[C]1([Ti+3])C(C)(c1ccccc1)c1ccccc1.[Cl-].[Cl-].[Cl-]. The largest absolute Gasteiger partial charge is 1.00 e. The number of hydrogen-bond donors (Lipinski definition) is 0. The molecule has 0 spiro atoms. The first-order chi connectivity index (χ1) is 12.1. The summed E-state index contributed by atoms with van der Waals surface area (Å²) in [4.78, 5) is 0. The van der Waals surface area contributed by atoms with Crippen LogP contribution < -0.4 is 37.2 Å². The van der Waals surface area contributed by atoms with Crippen LogP contribution in [-0.2, 0) is 25.9 Å². The summed E-state index contributed by atoms with van der Waals surface area (Å²) >= 11 is 2.52. The van der Waals surface area contributed by atoms with Crippen LogP contribution in [0.3, 0.4) is 0 Å². The van der Waals surface area contributed by atoms with Crippen molar-refractivity contribution in [3.05, 3.63) is 95.6 Å². The molecule has 2 aliphatic carbocycles. The molecule has 0 bridgehead atoms. The van der Waals surface area contributed by atoms with Gasteiger partial charge < -0.3 is 37.2 Å². The van der Waals surface area contributed by atoms with E-state index >= 15 is 0 Å². The third kappa shape index (κ3) is 3.80. The van der Waals surface area contributed by atoms with Crippen LogP contribution in [0.4, 0.5) is 0 Å². The topological polar surface area (TPSA) is 0 Å². The fourth-order valence-corrected chi connectivity index (χ4v) is 6.27. The number of benzene rings is 2. The first-order valence-electron chi connectivity index (χ1n) is 9.31. The summed E-state index contributed by atoms with van der Waals surface area (Å²) in [7, 11) is 0. The van der Waals surface area contributed by atoms with Gasteiger partial charge in [-0.25, -0.2) is 0 Å². The Morgan fingerprint density at radius 2 is 1.39 bits per heavy atom. The van der Waals surface area contributed by atoms with E-state index in [-0.39, 0.29) is 46.4 Å². The fraction of sp³-hybridized carbons (Fsp3) is 0.333. The van der Waals surface area contributed by atoms with E-state index in [1.165, 1.54) is 24.0 Å². The summed E-state index contributed by atoms with van der Waals surface area (Å²) in [6.45, 7) is 4.93. The third-order valence-corrected chi connectivity index (χ3v) is 8.60. The van der Waals surface area contributed by atoms with Gasteiger partial charge in [-0.2, -0.15) is 0 Å². The van der Waals surface area contributed by atoms with Crippen molar-refractivity contribution in [2.75, 3.05) is 0 Å². The predicted octanol–water partition coefficient (Wildman–Crippen LogP) is -2.75. The standard InChI is InChI=1S/C24H25.3ClH.Ti/c1-18-17-19-11-9-10-16-22(19)23(18)24(2,20-12-5-3-6-13-20)21-14-7-4-8-15-21;;;;/h3-10,12-16,18-19H,11,17H2,1-2H3;3*1H;/q;;;;+3/p-3. The molecule has 4 rings (SSSR count). The third-order valence-electron chi connectivity index (χ3n) is 6.60. The molecule has 2 aromatic carbocycles. The molecule has 0 nitrogen and oxygen atoms in total. The molecule has 0 saturated heterocycles. The second-order valence-corrected chi connectivity index (χ2v) is 9.02. The van der Waals surface area contributed by atoms with Gasteiger partial charge in [0, 0.05) is 0 Å². The molecule has 146 valence electrons. The van der Waals surface area contributed by atoms with Gasteiger partial charge in [-0.3, -0.25) is 0 Å². The van der Waals surface area contributed by atoms with Crippen LogP contribution in [0, 0.1) is 11.8 Å². The Kier molecular flexibility index (Phi) is 9.13. The summed E-state index contributed by atoms with van der Waals surface area (Å²) in [5.41, 5.74) is 4.46. The first kappa shape index (κ1) is 25.5. The molecule has 28 heavy (non-hydrogen) atoms. The zero-order valence-electron chi connectivity index (χ0n) is 16.2. The van der Waals surface area contributed by atoms with Gasteiger partial charge in [-0.1, -0.05) is 0 Å². The average Bonchev–Trinajstić information content (AvgIpc) is 2.94. The molecule has 2 aliphatic rings. The minimum absolute atomic E-state index is 0. The molecule has 0 radical (unpaired) electrons. The van der Waals surface area contributed by atoms with Gasteiger partial charge in [0.05, 0.1) is 0 Å². The van der Waals surface area contributed by atoms with Crippen molar-refractivity contribution < 1.29 is 57.7 Å². The maximum absolute atomic E-state index is 2.52. The quantitative estimate of drug-likeness (QED) is 0.430. The molecular formula is C24H25Cl3Ti. The van der Waals surface area contributed by atoms with Crippen molar-refractivity contribution >= 4 is 0 Å². The molecule has 3 unspecified atom stereocenters. The van der Waals surface area contributed by atoms with E-state index < -0.39 is 0 Å². The van der Waals surface area contributed by atoms with E-state index in [4.69, 9.17) is 0 Å². The summed E-state index contributed by atoms with van der Waals surface area (Å²) in [5, 5.41) is 0. The van der Waals surface area contributed by atoms with Crippen LogP contribution in [0.2, 0.25) is 3.72 Å². The predicted molar refractivity (Wildman–Crippen MR) is 101 cm³/mol. The number of halogens is 3. The van der Waals surface area contributed by atoms with Crippen molar-refractivity contribution in [1.29, 1.82) is 0 Å². The first-order valence-corrected chi connectivity index (χ1v) is 10.1. The number of hydrogen-bond acceptors (Lipinski definition) is 0. The monoisotopic (exact) mass is 466 g/mol. The smallest absolute Gasteiger partial charge is 1.00 e. The Hall–Kier alpha value is -0.496. The van der Waals surface area contributed by atoms with Crippen LogP contribution in [0.1, 0.15) is 37.8 Å². The zero-order valence-corrected chi connectivity index (χ0v) is 20.0. The van der Waals surface area contributed by atoms with Crippen molar-refractivity contribution in [2.24, 2.45) is 11.8 Å². The maximum Gasteiger partial charge on any atom is -1.00 e. The Morgan fingerprint density at radius 1 is 0.893 bits per heavy atom. The van der Waals surface area contributed by atoms with Gasteiger partial charge in [-0.15, -0.1) is 0 Å². The van der Waals surface area contributed by atoms with Crippen LogP contribution in [0.25, 0.3) is 0 Å². The van der Waals surface area contributed by atoms with Crippen molar-refractivity contribution in [3.8, 4) is 0 Å². The van der Waals surface area contributed by atoms with Crippen LogP contribution in [-0.4, -0.2) is 0 Å². The normalized spacial score (nSPS) is 25.5. The molecule has 0 amide bonds. The van der Waals surface area contributed by atoms with Gasteiger partial charge in [0.25, 0.3) is 0 Å². The van der Waals surface area contributed by atoms with E-state index in [0.717, 1.165) is 0 Å². The summed E-state index contributed by atoms with van der Waals surface area (Å²) in [6.07, 6.45) is 9.53. The van der Waals surface area contributed by atoms with E-state index in [1.54, 1.807) is 5.57 Å². The van der Waals surface area contributed by atoms with Crippen molar-refractivity contribution in [1.82, 2.24) is 0 Å². The molecule has 0 N–H and O–H groups in total.